The third kappa shape index (κ3) is 8.43. The van der Waals surface area contributed by atoms with E-state index in [4.69, 9.17) is 14.2 Å². The van der Waals surface area contributed by atoms with E-state index in [1.165, 1.54) is 20.5 Å². The second-order valence-electron chi connectivity index (χ2n) is 8.78. The maximum absolute atomic E-state index is 13.3. The van der Waals surface area contributed by atoms with E-state index in [0.717, 1.165) is 0 Å². The van der Waals surface area contributed by atoms with Gasteiger partial charge in [-0.1, -0.05) is 18.2 Å². The number of aliphatic carboxylic acids is 1. The van der Waals surface area contributed by atoms with Gasteiger partial charge in [0, 0.05) is 58.8 Å². The second-order valence-corrected chi connectivity index (χ2v) is 8.78. The molecule has 0 bridgehead atoms. The zero-order valence-corrected chi connectivity index (χ0v) is 22.2. The Morgan fingerprint density at radius 2 is 1.74 bits per heavy atom. The number of ether oxygens (including phenoxy) is 3. The molecule has 13 nitrogen and oxygen atoms in total. The normalized spacial score (nSPS) is 14.0. The zero-order valence-electron chi connectivity index (χ0n) is 22.2. The first-order valence-electron chi connectivity index (χ1n) is 12.8. The molecule has 0 spiro atoms. The fourth-order valence-corrected chi connectivity index (χ4v) is 4.01. The Morgan fingerprint density at radius 1 is 1.05 bits per heavy atom. The predicted octanol–water partition coefficient (Wildman–Crippen LogP) is 1.55. The van der Waals surface area contributed by atoms with E-state index in [1.807, 2.05) is 30.3 Å². The molecule has 1 aliphatic rings. The first-order chi connectivity index (χ1) is 18.8. The molecule has 2 N–H and O–H groups in total. The number of carboxylic acids is 1. The first kappa shape index (κ1) is 29.4. The van der Waals surface area contributed by atoms with Crippen LogP contribution in [0.4, 0.5) is 4.79 Å². The van der Waals surface area contributed by atoms with Crippen molar-refractivity contribution in [2.75, 3.05) is 53.1 Å². The third-order valence-electron chi connectivity index (χ3n) is 6.02. The maximum Gasteiger partial charge on any atom is 0.409 e. The summed E-state index contributed by atoms with van der Waals surface area (Å²) < 4.78 is 17.4. The summed E-state index contributed by atoms with van der Waals surface area (Å²) in [5.74, 6) is -1.81. The molecule has 0 saturated carbocycles. The molecule has 212 valence electrons. The van der Waals surface area contributed by atoms with Gasteiger partial charge in [0.05, 0.1) is 18.9 Å². The van der Waals surface area contributed by atoms with Crippen molar-refractivity contribution in [3.8, 4) is 11.6 Å². The number of carboxylic acid groups (broad SMARTS) is 1. The lowest BCUT2D eigenvalue weighted by Gasteiger charge is -2.35. The van der Waals surface area contributed by atoms with Gasteiger partial charge in [0.2, 0.25) is 11.8 Å². The Balaban J connectivity index is 1.74. The molecule has 1 aromatic heterocycles. The van der Waals surface area contributed by atoms with E-state index in [2.05, 4.69) is 10.4 Å². The highest BCUT2D eigenvalue weighted by molar-refractivity contribution is 5.96. The largest absolute Gasteiger partial charge is 0.481 e. The third-order valence-corrected chi connectivity index (χ3v) is 6.02. The molecule has 39 heavy (non-hydrogen) atoms. The molecule has 0 unspecified atom stereocenters. The summed E-state index contributed by atoms with van der Waals surface area (Å²) in [5, 5.41) is 16.3. The van der Waals surface area contributed by atoms with Crippen LogP contribution < -0.4 is 10.1 Å². The van der Waals surface area contributed by atoms with Crippen LogP contribution in [-0.2, 0) is 19.1 Å². The van der Waals surface area contributed by atoms with Crippen molar-refractivity contribution in [3.05, 3.63) is 42.1 Å². The van der Waals surface area contributed by atoms with Crippen LogP contribution in [0, 0.1) is 0 Å². The molecule has 3 amide bonds. The van der Waals surface area contributed by atoms with E-state index >= 15 is 0 Å². The molecule has 13 heteroatoms. The Hall–Kier alpha value is -4.13. The summed E-state index contributed by atoms with van der Waals surface area (Å²) in [6.45, 7) is 3.83. The Morgan fingerprint density at radius 3 is 2.38 bits per heavy atom. The number of nitrogens with one attached hydrogen (secondary N) is 1. The zero-order chi connectivity index (χ0) is 28.2. The minimum absolute atomic E-state index is 0.0147. The monoisotopic (exact) mass is 545 g/mol. The van der Waals surface area contributed by atoms with Gasteiger partial charge in [0.25, 0.3) is 5.91 Å². The number of amides is 3. The number of rotatable bonds is 13. The molecule has 2 heterocycles. The summed E-state index contributed by atoms with van der Waals surface area (Å²) in [7, 11) is 1.60. The number of para-hydroxylation sites is 1. The Bertz CT molecular complexity index is 1110. The number of benzene rings is 1. The highest BCUT2D eigenvalue weighted by atomic mass is 16.6. The number of hydrogen-bond donors (Lipinski definition) is 2. The van der Waals surface area contributed by atoms with Crippen molar-refractivity contribution >= 4 is 23.9 Å². The van der Waals surface area contributed by atoms with E-state index in [9.17, 15) is 24.3 Å². The van der Waals surface area contributed by atoms with Crippen molar-refractivity contribution < 1.29 is 38.5 Å². The summed E-state index contributed by atoms with van der Waals surface area (Å²) in [5.41, 5.74) is 0.692. The number of carbonyl (C=O) groups excluding carboxylic acids is 3. The number of methoxy groups -OCH3 is 1. The van der Waals surface area contributed by atoms with Crippen LogP contribution >= 0.6 is 0 Å². The van der Waals surface area contributed by atoms with Crippen LogP contribution in [0.5, 0.6) is 5.88 Å². The second kappa shape index (κ2) is 14.7. The smallest absolute Gasteiger partial charge is 0.409 e. The van der Waals surface area contributed by atoms with Crippen LogP contribution in [0.3, 0.4) is 0 Å². The molecule has 1 saturated heterocycles. The number of hydrogen-bond acceptors (Lipinski definition) is 8. The maximum atomic E-state index is 13.3. The lowest BCUT2D eigenvalue weighted by Crippen LogP contribution is -2.56. The molecular formula is C26H35N5O8. The summed E-state index contributed by atoms with van der Waals surface area (Å²) in [4.78, 5) is 52.8. The molecule has 1 fully saturated rings. The van der Waals surface area contributed by atoms with Gasteiger partial charge in [0.1, 0.15) is 6.04 Å². The number of nitrogens with zero attached hydrogens (tertiary/aromatic N) is 4. The lowest BCUT2D eigenvalue weighted by atomic mass is 10.1. The quantitative estimate of drug-likeness (QED) is 0.357. The summed E-state index contributed by atoms with van der Waals surface area (Å²) >= 11 is 0. The minimum Gasteiger partial charge on any atom is -0.481 e. The topological polar surface area (TPSA) is 153 Å². The van der Waals surface area contributed by atoms with Gasteiger partial charge < -0.3 is 34.4 Å². The molecule has 3 rings (SSSR count). The molecule has 0 radical (unpaired) electrons. The predicted molar refractivity (Wildman–Crippen MR) is 139 cm³/mol. The average molecular weight is 546 g/mol. The van der Waals surface area contributed by atoms with Crippen molar-refractivity contribution in [3.63, 3.8) is 0 Å². The van der Waals surface area contributed by atoms with Crippen molar-refractivity contribution in [1.29, 1.82) is 0 Å². The van der Waals surface area contributed by atoms with Gasteiger partial charge in [-0.25, -0.2) is 9.48 Å². The van der Waals surface area contributed by atoms with Crippen LogP contribution in [0.25, 0.3) is 5.69 Å². The van der Waals surface area contributed by atoms with Gasteiger partial charge >= 0.3 is 12.1 Å². The standard InChI is InChI=1S/C26H35N5O8/c1-3-38-26(36)30-14-12-29(13-15-30)25(35)20(10-11-23(32)33)27-24(34)21-18-22(39-17-7-16-37-2)31(28-21)19-8-5-4-6-9-19/h4-6,8-9,18,20H,3,7,10-17H2,1-2H3,(H,27,34)(H,32,33)/t20-/m0/s1. The van der Waals surface area contributed by atoms with Crippen molar-refractivity contribution in [2.45, 2.75) is 32.2 Å². The first-order valence-corrected chi connectivity index (χ1v) is 12.8. The number of aromatic nitrogens is 2. The van der Waals surface area contributed by atoms with E-state index in [1.54, 1.807) is 14.0 Å². The van der Waals surface area contributed by atoms with Crippen LogP contribution in [0.2, 0.25) is 0 Å². The average Bonchev–Trinajstić information content (AvgIpc) is 3.38. The molecule has 1 atom stereocenters. The van der Waals surface area contributed by atoms with E-state index in [0.29, 0.717) is 31.2 Å². The molecule has 0 aliphatic carbocycles. The fourth-order valence-electron chi connectivity index (χ4n) is 4.01. The Kier molecular flexibility index (Phi) is 11.1. The molecule has 1 aliphatic heterocycles. The molecular weight excluding hydrogens is 510 g/mol. The van der Waals surface area contributed by atoms with E-state index < -0.39 is 29.9 Å². The van der Waals surface area contributed by atoms with Gasteiger partial charge in [-0.05, 0) is 25.5 Å². The summed E-state index contributed by atoms with van der Waals surface area (Å²) in [6, 6.07) is 9.52. The lowest BCUT2D eigenvalue weighted by molar-refractivity contribution is -0.138. The van der Waals surface area contributed by atoms with Crippen LogP contribution in [-0.4, -0.2) is 108 Å². The van der Waals surface area contributed by atoms with Gasteiger partial charge in [0.15, 0.2) is 5.69 Å². The SMILES string of the molecule is CCOC(=O)N1CCN(C(=O)[C@H](CCC(=O)O)NC(=O)c2cc(OCCCOC)n(-c3ccccc3)n2)CC1. The molecule has 1 aromatic carbocycles. The van der Waals surface area contributed by atoms with Crippen LogP contribution in [0.1, 0.15) is 36.7 Å². The Labute approximate surface area is 226 Å². The number of carbonyl (C=O) groups is 4. The van der Waals surface area contributed by atoms with Crippen molar-refractivity contribution in [2.24, 2.45) is 0 Å². The minimum atomic E-state index is -1.09. The van der Waals surface area contributed by atoms with E-state index in [-0.39, 0.29) is 51.3 Å². The van der Waals surface area contributed by atoms with Gasteiger partial charge in [-0.15, -0.1) is 0 Å². The van der Waals surface area contributed by atoms with Crippen molar-refractivity contribution in [1.82, 2.24) is 24.9 Å². The summed E-state index contributed by atoms with van der Waals surface area (Å²) in [6.07, 6.45) is -0.230. The van der Waals surface area contributed by atoms with Gasteiger partial charge in [-0.3, -0.25) is 14.4 Å². The van der Waals surface area contributed by atoms with Crippen LogP contribution in [0.15, 0.2) is 36.4 Å². The fraction of sp³-hybridized carbons (Fsp3) is 0.500. The highest BCUT2D eigenvalue weighted by Gasteiger charge is 2.31. The molecule has 2 aromatic rings. The highest BCUT2D eigenvalue weighted by Crippen LogP contribution is 2.20. The number of piperazine rings is 1. The van der Waals surface area contributed by atoms with Gasteiger partial charge in [-0.2, -0.15) is 5.10 Å².